The summed E-state index contributed by atoms with van der Waals surface area (Å²) in [5.41, 5.74) is 0.690. The highest BCUT2D eigenvalue weighted by atomic mass is 35.5. The summed E-state index contributed by atoms with van der Waals surface area (Å²) in [4.78, 5) is 20.5. The summed E-state index contributed by atoms with van der Waals surface area (Å²) in [6.45, 7) is 0. The molecule has 0 aromatic carbocycles. The summed E-state index contributed by atoms with van der Waals surface area (Å²) in [5, 5.41) is 0.0986. The van der Waals surface area contributed by atoms with Gasteiger partial charge in [-0.15, -0.1) is 0 Å². The maximum absolute atomic E-state index is 5.94. The predicted molar refractivity (Wildman–Crippen MR) is 71.7 cm³/mol. The SMILES string of the molecule is COc1cncc(-c2nc(Cl)nc(-n3ccnc3)n2)c1. The first-order chi connectivity index (χ1) is 9.76. The van der Waals surface area contributed by atoms with E-state index >= 15 is 0 Å². The number of rotatable bonds is 3. The Bertz CT molecular complexity index is 731. The number of hydrogen-bond donors (Lipinski definition) is 0. The monoisotopic (exact) mass is 288 g/mol. The van der Waals surface area contributed by atoms with Crippen LogP contribution < -0.4 is 4.74 Å². The third-order valence-electron chi connectivity index (χ3n) is 2.54. The van der Waals surface area contributed by atoms with Crippen LogP contribution in [0.25, 0.3) is 17.3 Å². The quantitative estimate of drug-likeness (QED) is 0.731. The highest BCUT2D eigenvalue weighted by Gasteiger charge is 2.09. The Labute approximate surface area is 119 Å². The van der Waals surface area contributed by atoms with Gasteiger partial charge in [-0.3, -0.25) is 9.55 Å². The van der Waals surface area contributed by atoms with E-state index in [9.17, 15) is 0 Å². The third-order valence-corrected chi connectivity index (χ3v) is 2.71. The van der Waals surface area contributed by atoms with Crippen molar-refractivity contribution < 1.29 is 4.74 Å². The topological polar surface area (TPSA) is 78.6 Å². The normalized spacial score (nSPS) is 10.5. The lowest BCUT2D eigenvalue weighted by Gasteiger charge is -2.05. The molecule has 0 aliphatic carbocycles. The number of pyridine rings is 1. The molecule has 3 aromatic heterocycles. The van der Waals surface area contributed by atoms with Crippen LogP contribution in [-0.4, -0.2) is 36.6 Å². The predicted octanol–water partition coefficient (Wildman–Crippen LogP) is 1.78. The molecule has 0 spiro atoms. The molecule has 0 saturated heterocycles. The Morgan fingerprint density at radius 3 is 2.80 bits per heavy atom. The highest BCUT2D eigenvalue weighted by molar-refractivity contribution is 6.28. The molecule has 0 saturated carbocycles. The lowest BCUT2D eigenvalue weighted by molar-refractivity contribution is 0.413. The van der Waals surface area contributed by atoms with Gasteiger partial charge in [0.05, 0.1) is 13.3 Å². The number of ether oxygens (including phenoxy) is 1. The minimum absolute atomic E-state index is 0.0986. The van der Waals surface area contributed by atoms with Crippen molar-refractivity contribution in [2.75, 3.05) is 7.11 Å². The van der Waals surface area contributed by atoms with E-state index in [1.54, 1.807) is 48.9 Å². The molecule has 0 amide bonds. The number of imidazole rings is 1. The van der Waals surface area contributed by atoms with E-state index < -0.39 is 0 Å². The molecular weight excluding hydrogens is 280 g/mol. The van der Waals surface area contributed by atoms with Gasteiger partial charge in [0.25, 0.3) is 0 Å². The molecule has 0 unspecified atom stereocenters. The van der Waals surface area contributed by atoms with Crippen molar-refractivity contribution in [1.29, 1.82) is 0 Å². The van der Waals surface area contributed by atoms with Crippen molar-refractivity contribution in [3.63, 3.8) is 0 Å². The summed E-state index contributed by atoms with van der Waals surface area (Å²) >= 11 is 5.94. The van der Waals surface area contributed by atoms with Crippen molar-refractivity contribution >= 4 is 11.6 Å². The second-order valence-corrected chi connectivity index (χ2v) is 4.15. The molecule has 3 aromatic rings. The van der Waals surface area contributed by atoms with Gasteiger partial charge in [-0.05, 0) is 17.7 Å². The molecule has 0 N–H and O–H groups in total. The van der Waals surface area contributed by atoms with E-state index in [0.29, 0.717) is 23.1 Å². The zero-order valence-corrected chi connectivity index (χ0v) is 11.2. The van der Waals surface area contributed by atoms with Crippen LogP contribution in [0.5, 0.6) is 5.75 Å². The van der Waals surface area contributed by atoms with Gasteiger partial charge in [0.2, 0.25) is 11.2 Å². The first kappa shape index (κ1) is 12.5. The second-order valence-electron chi connectivity index (χ2n) is 3.81. The fourth-order valence-electron chi connectivity index (χ4n) is 1.61. The fourth-order valence-corrected chi connectivity index (χ4v) is 1.77. The molecule has 0 aliphatic heterocycles. The smallest absolute Gasteiger partial charge is 0.239 e. The van der Waals surface area contributed by atoms with Gasteiger partial charge in [-0.25, -0.2) is 4.98 Å². The van der Waals surface area contributed by atoms with Gasteiger partial charge in [0.1, 0.15) is 12.1 Å². The van der Waals surface area contributed by atoms with Gasteiger partial charge in [0.15, 0.2) is 5.82 Å². The van der Waals surface area contributed by atoms with Crippen molar-refractivity contribution in [1.82, 2.24) is 29.5 Å². The molecular formula is C12H9ClN6O. The van der Waals surface area contributed by atoms with E-state index in [4.69, 9.17) is 16.3 Å². The van der Waals surface area contributed by atoms with E-state index in [-0.39, 0.29) is 5.28 Å². The van der Waals surface area contributed by atoms with Gasteiger partial charge in [0, 0.05) is 24.2 Å². The van der Waals surface area contributed by atoms with Gasteiger partial charge in [-0.2, -0.15) is 15.0 Å². The third kappa shape index (κ3) is 2.43. The van der Waals surface area contributed by atoms with E-state index in [1.807, 2.05) is 0 Å². The zero-order valence-electron chi connectivity index (χ0n) is 10.4. The zero-order chi connectivity index (χ0) is 13.9. The summed E-state index contributed by atoms with van der Waals surface area (Å²) < 4.78 is 6.77. The van der Waals surface area contributed by atoms with Crippen LogP contribution in [0.4, 0.5) is 0 Å². The number of aromatic nitrogens is 6. The number of hydrogen-bond acceptors (Lipinski definition) is 6. The Morgan fingerprint density at radius 1 is 1.15 bits per heavy atom. The average molecular weight is 289 g/mol. The van der Waals surface area contributed by atoms with Crippen molar-refractivity contribution in [2.45, 2.75) is 0 Å². The molecule has 0 radical (unpaired) electrons. The molecule has 3 heterocycles. The van der Waals surface area contributed by atoms with Gasteiger partial charge < -0.3 is 4.74 Å². The Hall–Kier alpha value is -2.54. The Kier molecular flexibility index (Phi) is 3.26. The first-order valence-corrected chi connectivity index (χ1v) is 6.03. The van der Waals surface area contributed by atoms with Crippen molar-refractivity contribution in [3.05, 3.63) is 42.5 Å². The summed E-state index contributed by atoms with van der Waals surface area (Å²) in [7, 11) is 1.57. The van der Waals surface area contributed by atoms with Crippen molar-refractivity contribution in [2.24, 2.45) is 0 Å². The molecule has 0 atom stereocenters. The summed E-state index contributed by atoms with van der Waals surface area (Å²) in [6, 6.07) is 1.77. The van der Waals surface area contributed by atoms with Crippen LogP contribution >= 0.6 is 11.6 Å². The lowest BCUT2D eigenvalue weighted by atomic mass is 10.2. The molecule has 3 rings (SSSR count). The molecule has 20 heavy (non-hydrogen) atoms. The summed E-state index contributed by atoms with van der Waals surface area (Å²) in [6.07, 6.45) is 8.16. The van der Waals surface area contributed by atoms with E-state index in [2.05, 4.69) is 24.9 Å². The van der Waals surface area contributed by atoms with Gasteiger partial charge >= 0.3 is 0 Å². The number of methoxy groups -OCH3 is 1. The van der Waals surface area contributed by atoms with Gasteiger partial charge in [-0.1, -0.05) is 0 Å². The maximum atomic E-state index is 5.94. The van der Waals surface area contributed by atoms with Crippen LogP contribution in [0, 0.1) is 0 Å². The molecule has 0 aliphatic rings. The van der Waals surface area contributed by atoms with Crippen LogP contribution in [0.3, 0.4) is 0 Å². The lowest BCUT2D eigenvalue weighted by Crippen LogP contribution is -2.03. The van der Waals surface area contributed by atoms with Crippen molar-refractivity contribution in [3.8, 4) is 23.1 Å². The molecule has 0 bridgehead atoms. The molecule has 8 heteroatoms. The standard InChI is InChI=1S/C12H9ClN6O/c1-20-9-4-8(5-15-6-9)10-16-11(13)18-12(17-10)19-3-2-14-7-19/h2-7H,1H3. The molecule has 100 valence electrons. The Balaban J connectivity index is 2.09. The molecule has 7 nitrogen and oxygen atoms in total. The minimum Gasteiger partial charge on any atom is -0.495 e. The van der Waals surface area contributed by atoms with Crippen LogP contribution in [0.15, 0.2) is 37.2 Å². The highest BCUT2D eigenvalue weighted by Crippen LogP contribution is 2.20. The number of nitrogens with zero attached hydrogens (tertiary/aromatic N) is 6. The average Bonchev–Trinajstić information content (AvgIpc) is 3.01. The number of halogens is 1. The minimum atomic E-state index is 0.0986. The first-order valence-electron chi connectivity index (χ1n) is 5.65. The van der Waals surface area contributed by atoms with E-state index in [0.717, 1.165) is 0 Å². The maximum Gasteiger partial charge on any atom is 0.239 e. The Morgan fingerprint density at radius 2 is 2.05 bits per heavy atom. The van der Waals surface area contributed by atoms with Crippen LogP contribution in [-0.2, 0) is 0 Å². The fraction of sp³-hybridized carbons (Fsp3) is 0.0833. The largest absolute Gasteiger partial charge is 0.495 e. The van der Waals surface area contributed by atoms with E-state index in [1.165, 1.54) is 0 Å². The second kappa shape index (κ2) is 5.22. The molecule has 0 fully saturated rings. The van der Waals surface area contributed by atoms with Crippen LogP contribution in [0.1, 0.15) is 0 Å². The van der Waals surface area contributed by atoms with Crippen LogP contribution in [0.2, 0.25) is 5.28 Å². The summed E-state index contributed by atoms with van der Waals surface area (Å²) in [5.74, 6) is 1.42.